The Morgan fingerprint density at radius 2 is 2.28 bits per heavy atom. The maximum Gasteiger partial charge on any atom is 0.312 e. The van der Waals surface area contributed by atoms with Gasteiger partial charge >= 0.3 is 6.08 Å². The second kappa shape index (κ2) is 5.09. The van der Waals surface area contributed by atoms with Crippen molar-refractivity contribution in [3.8, 4) is 0 Å². The largest absolute Gasteiger partial charge is 0.394 e. The molecule has 2 heterocycles. The number of aliphatic hydroxyl groups excluding tert-OH is 1. The SMILES string of the molecule is B[C@@H]1O[C@H](CO)[C@@H]2OC(OC)OC12C=C=C(F)F. The summed E-state index contributed by atoms with van der Waals surface area (Å²) in [6.07, 6.45) is -2.26. The number of fused-ring (bicyclic) bond motifs is 1. The molecular weight excluding hydrogens is 249 g/mol. The molecule has 2 aliphatic rings. The normalized spacial score (nSPS) is 42.4. The van der Waals surface area contributed by atoms with E-state index in [2.05, 4.69) is 0 Å². The molecule has 0 radical (unpaired) electrons. The van der Waals surface area contributed by atoms with E-state index in [0.717, 1.165) is 6.08 Å². The van der Waals surface area contributed by atoms with Crippen LogP contribution in [-0.4, -0.2) is 57.0 Å². The highest BCUT2D eigenvalue weighted by atomic mass is 19.3. The van der Waals surface area contributed by atoms with Crippen LogP contribution in [0.4, 0.5) is 8.78 Å². The average molecular weight is 262 g/mol. The molecule has 2 aliphatic heterocycles. The van der Waals surface area contributed by atoms with Crippen LogP contribution in [0.3, 0.4) is 0 Å². The van der Waals surface area contributed by atoms with Crippen LogP contribution in [0.1, 0.15) is 0 Å². The molecule has 8 heteroatoms. The van der Waals surface area contributed by atoms with E-state index in [9.17, 15) is 13.9 Å². The molecule has 2 unspecified atom stereocenters. The molecule has 0 aromatic carbocycles. The quantitative estimate of drug-likeness (QED) is 0.541. The van der Waals surface area contributed by atoms with Gasteiger partial charge in [0.05, 0.1) is 12.6 Å². The molecule has 5 nitrogen and oxygen atoms in total. The van der Waals surface area contributed by atoms with Crippen molar-refractivity contribution < 1.29 is 32.8 Å². The van der Waals surface area contributed by atoms with Crippen LogP contribution in [-0.2, 0) is 18.9 Å². The minimum absolute atomic E-state index is 0.299. The molecule has 0 aromatic rings. The van der Waals surface area contributed by atoms with E-state index >= 15 is 0 Å². The van der Waals surface area contributed by atoms with Gasteiger partial charge in [-0.1, -0.05) is 5.73 Å². The Labute approximate surface area is 103 Å². The molecule has 0 aliphatic carbocycles. The summed E-state index contributed by atoms with van der Waals surface area (Å²) in [5.41, 5.74) is 0.581. The Hall–Kier alpha value is -0.755. The molecule has 2 fully saturated rings. The first-order valence-corrected chi connectivity index (χ1v) is 5.44. The van der Waals surface area contributed by atoms with E-state index in [-0.39, 0.29) is 6.61 Å². The number of hydrogen-bond donors (Lipinski definition) is 1. The first kappa shape index (κ1) is 13.7. The number of methoxy groups -OCH3 is 1. The summed E-state index contributed by atoms with van der Waals surface area (Å²) in [5.74, 6) is 0. The minimum Gasteiger partial charge on any atom is -0.394 e. The second-order valence-corrected chi connectivity index (χ2v) is 4.10. The van der Waals surface area contributed by atoms with E-state index in [4.69, 9.17) is 18.9 Å². The van der Waals surface area contributed by atoms with Crippen LogP contribution in [0.25, 0.3) is 0 Å². The summed E-state index contributed by atoms with van der Waals surface area (Å²) in [5, 5.41) is 9.19. The molecule has 100 valence electrons. The predicted molar refractivity (Wildman–Crippen MR) is 57.6 cm³/mol. The molecular formula is C10H13BF2O5. The van der Waals surface area contributed by atoms with Gasteiger partial charge < -0.3 is 24.1 Å². The Kier molecular flexibility index (Phi) is 3.86. The molecule has 2 rings (SSSR count). The van der Waals surface area contributed by atoms with Crippen molar-refractivity contribution in [2.75, 3.05) is 13.7 Å². The number of halogens is 2. The first-order valence-electron chi connectivity index (χ1n) is 5.44. The van der Waals surface area contributed by atoms with Crippen LogP contribution in [0.5, 0.6) is 0 Å². The lowest BCUT2D eigenvalue weighted by Crippen LogP contribution is -2.45. The van der Waals surface area contributed by atoms with Gasteiger partial charge in [0.15, 0.2) is 0 Å². The van der Waals surface area contributed by atoms with Gasteiger partial charge in [-0.2, -0.15) is 8.78 Å². The fourth-order valence-corrected chi connectivity index (χ4v) is 2.28. The highest BCUT2D eigenvalue weighted by Gasteiger charge is 2.61. The monoisotopic (exact) mass is 262 g/mol. The van der Waals surface area contributed by atoms with Crippen molar-refractivity contribution >= 4 is 7.85 Å². The molecule has 2 saturated heterocycles. The minimum atomic E-state index is -1.97. The van der Waals surface area contributed by atoms with Crippen molar-refractivity contribution in [1.29, 1.82) is 0 Å². The first-order chi connectivity index (χ1) is 8.53. The van der Waals surface area contributed by atoms with Crippen molar-refractivity contribution in [3.63, 3.8) is 0 Å². The van der Waals surface area contributed by atoms with Gasteiger partial charge in [0, 0.05) is 7.11 Å². The summed E-state index contributed by atoms with van der Waals surface area (Å²) in [6.45, 7) is -1.28. The van der Waals surface area contributed by atoms with E-state index in [1.54, 1.807) is 13.6 Å². The summed E-state index contributed by atoms with van der Waals surface area (Å²) in [7, 11) is 3.02. The van der Waals surface area contributed by atoms with Crippen LogP contribution in [0.15, 0.2) is 17.9 Å². The Balaban J connectivity index is 2.36. The highest BCUT2D eigenvalue weighted by molar-refractivity contribution is 6.12. The van der Waals surface area contributed by atoms with Crippen molar-refractivity contribution in [1.82, 2.24) is 0 Å². The smallest absolute Gasteiger partial charge is 0.312 e. The zero-order chi connectivity index (χ0) is 13.3. The Bertz CT molecular complexity index is 382. The van der Waals surface area contributed by atoms with Gasteiger partial charge in [0.25, 0.3) is 6.48 Å². The molecule has 0 spiro atoms. The third-order valence-electron chi connectivity index (χ3n) is 3.13. The van der Waals surface area contributed by atoms with Crippen LogP contribution >= 0.6 is 0 Å². The summed E-state index contributed by atoms with van der Waals surface area (Å²) < 4.78 is 45.6. The predicted octanol–water partition coefficient (Wildman–Crippen LogP) is -0.644. The standard InChI is InChI=1S/C10H13BF2O5/c1-15-9-17-7-5(4-14)16-8(11)10(7,18-9)3-2-6(12)13/h3,5,7-9,14H,4,11H2,1H3/t5-,7+,8-,9?,10?/m1/s1. The van der Waals surface area contributed by atoms with Crippen LogP contribution < -0.4 is 0 Å². The Morgan fingerprint density at radius 3 is 2.83 bits per heavy atom. The van der Waals surface area contributed by atoms with Gasteiger partial charge in [-0.25, -0.2) is 0 Å². The lowest BCUT2D eigenvalue weighted by atomic mass is 9.80. The van der Waals surface area contributed by atoms with E-state index in [1.807, 2.05) is 0 Å². The molecule has 1 N–H and O–H groups in total. The third-order valence-corrected chi connectivity index (χ3v) is 3.13. The maximum atomic E-state index is 12.2. The van der Waals surface area contributed by atoms with Crippen LogP contribution in [0.2, 0.25) is 0 Å². The molecule has 0 saturated carbocycles. The van der Waals surface area contributed by atoms with Gasteiger partial charge in [0.1, 0.15) is 25.7 Å². The lowest BCUT2D eigenvalue weighted by molar-refractivity contribution is -0.254. The van der Waals surface area contributed by atoms with Crippen molar-refractivity contribution in [3.05, 3.63) is 17.9 Å². The summed E-state index contributed by atoms with van der Waals surface area (Å²) in [4.78, 5) is 0. The lowest BCUT2D eigenvalue weighted by Gasteiger charge is -2.24. The number of ether oxygens (including phenoxy) is 4. The van der Waals surface area contributed by atoms with Gasteiger partial charge in [-0.15, -0.1) is 0 Å². The fourth-order valence-electron chi connectivity index (χ4n) is 2.28. The highest BCUT2D eigenvalue weighted by Crippen LogP contribution is 2.43. The zero-order valence-electron chi connectivity index (χ0n) is 9.93. The number of aliphatic hydroxyl groups is 1. The number of hydrogen-bond acceptors (Lipinski definition) is 5. The number of rotatable bonds is 3. The Morgan fingerprint density at radius 1 is 1.56 bits per heavy atom. The van der Waals surface area contributed by atoms with Gasteiger partial charge in [-0.3, -0.25) is 0 Å². The molecule has 5 atom stereocenters. The molecule has 0 aromatic heterocycles. The van der Waals surface area contributed by atoms with E-state index < -0.39 is 36.4 Å². The van der Waals surface area contributed by atoms with Gasteiger partial charge in [0.2, 0.25) is 0 Å². The molecule has 0 bridgehead atoms. The third kappa shape index (κ3) is 2.11. The topological polar surface area (TPSA) is 57.2 Å². The molecule has 18 heavy (non-hydrogen) atoms. The van der Waals surface area contributed by atoms with E-state index in [1.165, 1.54) is 7.11 Å². The summed E-state index contributed by atoms with van der Waals surface area (Å²) >= 11 is 0. The molecule has 0 amide bonds. The summed E-state index contributed by atoms with van der Waals surface area (Å²) in [6, 6.07) is -0.563. The average Bonchev–Trinajstić information content (AvgIpc) is 2.83. The zero-order valence-corrected chi connectivity index (χ0v) is 9.93. The van der Waals surface area contributed by atoms with Crippen LogP contribution in [0, 0.1) is 0 Å². The fraction of sp³-hybridized carbons (Fsp3) is 0.700. The van der Waals surface area contributed by atoms with Gasteiger partial charge in [-0.05, 0) is 6.08 Å². The van der Waals surface area contributed by atoms with Crippen molar-refractivity contribution in [2.45, 2.75) is 30.3 Å². The maximum absolute atomic E-state index is 12.2. The van der Waals surface area contributed by atoms with E-state index in [0.29, 0.717) is 0 Å². The second-order valence-electron chi connectivity index (χ2n) is 4.10. The van der Waals surface area contributed by atoms with Crippen molar-refractivity contribution in [2.24, 2.45) is 0 Å².